The van der Waals surface area contributed by atoms with Crippen LogP contribution in [0.3, 0.4) is 0 Å². The number of carbonyl (C=O) groups excluding carboxylic acids is 2. The lowest BCUT2D eigenvalue weighted by Crippen LogP contribution is -2.42. The van der Waals surface area contributed by atoms with Gasteiger partial charge in [-0.1, -0.05) is 11.6 Å². The zero-order valence-electron chi connectivity index (χ0n) is 13.0. The van der Waals surface area contributed by atoms with Crippen molar-refractivity contribution in [1.29, 1.82) is 0 Å². The van der Waals surface area contributed by atoms with Crippen molar-refractivity contribution in [1.82, 2.24) is 9.80 Å². The first-order valence-corrected chi connectivity index (χ1v) is 8.09. The molecule has 2 atom stereocenters. The highest BCUT2D eigenvalue weighted by molar-refractivity contribution is 6.30. The Balaban J connectivity index is 1.64. The van der Waals surface area contributed by atoms with E-state index in [1.807, 2.05) is 4.90 Å². The summed E-state index contributed by atoms with van der Waals surface area (Å²) in [5.74, 6) is 0.0982. The van der Waals surface area contributed by atoms with Gasteiger partial charge in [-0.25, -0.2) is 4.79 Å². The Labute approximate surface area is 140 Å². The molecule has 3 rings (SSSR count). The average molecular weight is 338 g/mol. The molecule has 2 heterocycles. The number of rotatable bonds is 4. The SMILES string of the molecule is COCCN1C(=O)CC2C1CCN2C(=O)Nc1ccc(Cl)cc1. The van der Waals surface area contributed by atoms with Crippen molar-refractivity contribution < 1.29 is 14.3 Å². The lowest BCUT2D eigenvalue weighted by molar-refractivity contribution is -0.129. The average Bonchev–Trinajstić information content (AvgIpc) is 3.06. The lowest BCUT2D eigenvalue weighted by Gasteiger charge is -2.25. The minimum atomic E-state index is -0.166. The maximum Gasteiger partial charge on any atom is 0.322 e. The minimum absolute atomic E-state index is 0.0494. The molecule has 2 aliphatic rings. The molecule has 0 aliphatic carbocycles. The molecule has 1 aromatic rings. The number of nitrogens with one attached hydrogen (secondary N) is 1. The molecule has 0 radical (unpaired) electrons. The van der Waals surface area contributed by atoms with Crippen LogP contribution in [0, 0.1) is 0 Å². The van der Waals surface area contributed by atoms with Gasteiger partial charge in [0.2, 0.25) is 5.91 Å². The van der Waals surface area contributed by atoms with Gasteiger partial charge in [-0.2, -0.15) is 0 Å². The smallest absolute Gasteiger partial charge is 0.322 e. The summed E-state index contributed by atoms with van der Waals surface area (Å²) in [5, 5.41) is 3.49. The summed E-state index contributed by atoms with van der Waals surface area (Å²) in [5.41, 5.74) is 0.698. The Morgan fingerprint density at radius 2 is 2.09 bits per heavy atom. The largest absolute Gasteiger partial charge is 0.383 e. The highest BCUT2D eigenvalue weighted by atomic mass is 35.5. The summed E-state index contributed by atoms with van der Waals surface area (Å²) in [6, 6.07) is 6.88. The summed E-state index contributed by atoms with van der Waals surface area (Å²) in [6.45, 7) is 1.76. The van der Waals surface area contributed by atoms with Crippen LogP contribution in [0.1, 0.15) is 12.8 Å². The molecule has 2 aliphatic heterocycles. The van der Waals surface area contributed by atoms with Crippen LogP contribution in [0.25, 0.3) is 0 Å². The van der Waals surface area contributed by atoms with Crippen molar-refractivity contribution in [3.05, 3.63) is 29.3 Å². The molecule has 3 amide bonds. The van der Waals surface area contributed by atoms with Crippen molar-refractivity contribution in [2.75, 3.05) is 32.1 Å². The molecule has 2 unspecified atom stereocenters. The van der Waals surface area contributed by atoms with E-state index in [-0.39, 0.29) is 24.0 Å². The number of methoxy groups -OCH3 is 1. The minimum Gasteiger partial charge on any atom is -0.383 e. The monoisotopic (exact) mass is 337 g/mol. The molecular formula is C16H20ClN3O3. The van der Waals surface area contributed by atoms with Gasteiger partial charge in [0.05, 0.1) is 18.7 Å². The summed E-state index contributed by atoms with van der Waals surface area (Å²) < 4.78 is 5.07. The van der Waals surface area contributed by atoms with Crippen molar-refractivity contribution in [3.63, 3.8) is 0 Å². The fourth-order valence-electron chi connectivity index (χ4n) is 3.39. The van der Waals surface area contributed by atoms with Crippen molar-refractivity contribution in [2.45, 2.75) is 24.9 Å². The van der Waals surface area contributed by atoms with Crippen LogP contribution in [0.5, 0.6) is 0 Å². The van der Waals surface area contributed by atoms with E-state index in [4.69, 9.17) is 16.3 Å². The van der Waals surface area contributed by atoms with E-state index in [0.717, 1.165) is 6.42 Å². The zero-order chi connectivity index (χ0) is 16.4. The number of halogens is 1. The van der Waals surface area contributed by atoms with Gasteiger partial charge in [0.15, 0.2) is 0 Å². The third kappa shape index (κ3) is 3.28. The predicted octanol–water partition coefficient (Wildman–Crippen LogP) is 2.19. The van der Waals surface area contributed by atoms with E-state index >= 15 is 0 Å². The van der Waals surface area contributed by atoms with Crippen molar-refractivity contribution in [3.8, 4) is 0 Å². The van der Waals surface area contributed by atoms with Crippen LogP contribution in [-0.2, 0) is 9.53 Å². The quantitative estimate of drug-likeness (QED) is 0.916. The van der Waals surface area contributed by atoms with E-state index < -0.39 is 0 Å². The van der Waals surface area contributed by atoms with Gasteiger partial charge >= 0.3 is 6.03 Å². The molecule has 124 valence electrons. The summed E-state index contributed by atoms with van der Waals surface area (Å²) in [6.07, 6.45) is 1.20. The standard InChI is InChI=1S/C16H20ClN3O3/c1-23-9-8-19-13-6-7-20(14(13)10-15(19)21)16(22)18-12-4-2-11(17)3-5-12/h2-5,13-14H,6-10H2,1H3,(H,18,22). The number of hydrogen-bond donors (Lipinski definition) is 1. The van der Waals surface area contributed by atoms with E-state index in [1.54, 1.807) is 36.3 Å². The maximum atomic E-state index is 12.5. The first-order valence-electron chi connectivity index (χ1n) is 7.71. The number of anilines is 1. The van der Waals surface area contributed by atoms with Crippen LogP contribution in [0.4, 0.5) is 10.5 Å². The van der Waals surface area contributed by atoms with Crippen LogP contribution in [-0.4, -0.2) is 60.6 Å². The highest BCUT2D eigenvalue weighted by Crippen LogP contribution is 2.32. The molecule has 2 fully saturated rings. The van der Waals surface area contributed by atoms with Gasteiger partial charge < -0.3 is 19.9 Å². The number of hydrogen-bond acceptors (Lipinski definition) is 3. The first kappa shape index (κ1) is 16.1. The number of fused-ring (bicyclic) bond motifs is 1. The molecule has 0 bridgehead atoms. The summed E-state index contributed by atoms with van der Waals surface area (Å²) in [7, 11) is 1.62. The van der Waals surface area contributed by atoms with Gasteiger partial charge in [0, 0.05) is 37.3 Å². The van der Waals surface area contributed by atoms with E-state index in [9.17, 15) is 9.59 Å². The number of nitrogens with zero attached hydrogens (tertiary/aromatic N) is 2. The number of amides is 3. The molecule has 1 N–H and O–H groups in total. The fourth-order valence-corrected chi connectivity index (χ4v) is 3.51. The van der Waals surface area contributed by atoms with Gasteiger partial charge in [0.25, 0.3) is 0 Å². The predicted molar refractivity (Wildman–Crippen MR) is 87.6 cm³/mol. The van der Waals surface area contributed by atoms with Crippen molar-refractivity contribution in [2.24, 2.45) is 0 Å². The van der Waals surface area contributed by atoms with Crippen molar-refractivity contribution >= 4 is 29.2 Å². The van der Waals surface area contributed by atoms with Crippen LogP contribution in [0.15, 0.2) is 24.3 Å². The zero-order valence-corrected chi connectivity index (χ0v) is 13.8. The Kier molecular flexibility index (Phi) is 4.73. The summed E-state index contributed by atoms with van der Waals surface area (Å²) >= 11 is 5.85. The number of likely N-dealkylation sites (tertiary alicyclic amines) is 2. The molecule has 0 spiro atoms. The number of benzene rings is 1. The molecule has 6 nitrogen and oxygen atoms in total. The summed E-state index contributed by atoms with van der Waals surface area (Å²) in [4.78, 5) is 28.3. The number of carbonyl (C=O) groups is 2. The van der Waals surface area contributed by atoms with Gasteiger partial charge in [0.1, 0.15) is 0 Å². The number of ether oxygens (including phenoxy) is 1. The topological polar surface area (TPSA) is 61.9 Å². The molecule has 0 aromatic heterocycles. The lowest BCUT2D eigenvalue weighted by atomic mass is 10.1. The molecule has 2 saturated heterocycles. The first-order chi connectivity index (χ1) is 11.1. The normalized spacial score (nSPS) is 23.3. The molecule has 0 saturated carbocycles. The Morgan fingerprint density at radius 1 is 1.35 bits per heavy atom. The second-order valence-corrected chi connectivity index (χ2v) is 6.27. The molecule has 23 heavy (non-hydrogen) atoms. The van der Waals surface area contributed by atoms with E-state index in [1.165, 1.54) is 0 Å². The molecule has 7 heteroatoms. The maximum absolute atomic E-state index is 12.5. The van der Waals surface area contributed by atoms with E-state index in [2.05, 4.69) is 5.32 Å². The fraction of sp³-hybridized carbons (Fsp3) is 0.500. The van der Waals surface area contributed by atoms with Crippen LogP contribution < -0.4 is 5.32 Å². The highest BCUT2D eigenvalue weighted by Gasteiger charge is 2.48. The van der Waals surface area contributed by atoms with Crippen LogP contribution >= 0.6 is 11.6 Å². The Bertz CT molecular complexity index is 593. The third-order valence-corrected chi connectivity index (χ3v) is 4.76. The van der Waals surface area contributed by atoms with Gasteiger partial charge in [-0.05, 0) is 30.7 Å². The molecule has 1 aromatic carbocycles. The Hall–Kier alpha value is -1.79. The van der Waals surface area contributed by atoms with Crippen LogP contribution in [0.2, 0.25) is 5.02 Å². The van der Waals surface area contributed by atoms with Gasteiger partial charge in [-0.3, -0.25) is 4.79 Å². The van der Waals surface area contributed by atoms with E-state index in [0.29, 0.717) is 36.8 Å². The second-order valence-electron chi connectivity index (χ2n) is 5.84. The Morgan fingerprint density at radius 3 is 2.78 bits per heavy atom. The second kappa shape index (κ2) is 6.76. The molecular weight excluding hydrogens is 318 g/mol. The third-order valence-electron chi connectivity index (χ3n) is 4.51. The number of urea groups is 1. The van der Waals surface area contributed by atoms with Gasteiger partial charge in [-0.15, -0.1) is 0 Å².